The van der Waals surface area contributed by atoms with Gasteiger partial charge in [-0.1, -0.05) is 47.5 Å². The Labute approximate surface area is 129 Å². The van der Waals surface area contributed by atoms with E-state index in [-0.39, 0.29) is 0 Å². The van der Waals surface area contributed by atoms with E-state index in [0.717, 1.165) is 31.9 Å². The van der Waals surface area contributed by atoms with E-state index in [1.165, 1.54) is 5.69 Å². The van der Waals surface area contributed by atoms with E-state index in [1.54, 1.807) is 0 Å². The summed E-state index contributed by atoms with van der Waals surface area (Å²) in [5.74, 6) is 0. The fourth-order valence-corrected chi connectivity index (χ4v) is 3.00. The van der Waals surface area contributed by atoms with Crippen molar-refractivity contribution in [3.8, 4) is 0 Å². The van der Waals surface area contributed by atoms with Gasteiger partial charge >= 0.3 is 0 Å². The first kappa shape index (κ1) is 13.6. The lowest BCUT2D eigenvalue weighted by Gasteiger charge is -2.37. The van der Waals surface area contributed by atoms with Crippen LogP contribution in [0.4, 0.5) is 11.4 Å². The summed E-state index contributed by atoms with van der Waals surface area (Å²) >= 11 is 12.4. The Hall–Kier alpha value is -1.38. The quantitative estimate of drug-likeness (QED) is 0.815. The molecule has 1 heterocycles. The molecule has 1 fully saturated rings. The van der Waals surface area contributed by atoms with Crippen LogP contribution in [0.2, 0.25) is 10.0 Å². The van der Waals surface area contributed by atoms with Crippen molar-refractivity contribution in [2.75, 3.05) is 36.0 Å². The fourth-order valence-electron chi connectivity index (χ4n) is 2.58. The van der Waals surface area contributed by atoms with Crippen LogP contribution in [-0.4, -0.2) is 26.2 Å². The predicted molar refractivity (Wildman–Crippen MR) is 87.3 cm³/mol. The normalized spacial score (nSPS) is 15.5. The average Bonchev–Trinajstić information content (AvgIpc) is 2.51. The van der Waals surface area contributed by atoms with Crippen molar-refractivity contribution in [1.82, 2.24) is 0 Å². The standard InChI is InChI=1S/C16H16Cl2N2/c17-14-7-4-8-15(16(14)18)20-11-9-19(10-12-20)13-5-2-1-3-6-13/h1-8H,9-12H2. The first-order valence-electron chi connectivity index (χ1n) is 6.74. The molecule has 2 aromatic carbocycles. The number of rotatable bonds is 2. The maximum absolute atomic E-state index is 6.29. The molecule has 0 saturated carbocycles. The molecule has 1 aliphatic heterocycles. The largest absolute Gasteiger partial charge is 0.368 e. The molecule has 0 N–H and O–H groups in total. The minimum Gasteiger partial charge on any atom is -0.368 e. The Balaban J connectivity index is 1.71. The summed E-state index contributed by atoms with van der Waals surface area (Å²) in [4.78, 5) is 4.70. The highest BCUT2D eigenvalue weighted by Crippen LogP contribution is 2.33. The van der Waals surface area contributed by atoms with Gasteiger partial charge in [-0.3, -0.25) is 0 Å². The maximum Gasteiger partial charge on any atom is 0.0825 e. The van der Waals surface area contributed by atoms with Gasteiger partial charge in [0, 0.05) is 31.9 Å². The number of hydrogen-bond acceptors (Lipinski definition) is 2. The van der Waals surface area contributed by atoms with Crippen LogP contribution in [0.1, 0.15) is 0 Å². The van der Waals surface area contributed by atoms with Gasteiger partial charge in [-0.05, 0) is 24.3 Å². The molecule has 2 aromatic rings. The van der Waals surface area contributed by atoms with Crippen LogP contribution in [-0.2, 0) is 0 Å². The van der Waals surface area contributed by atoms with E-state index in [2.05, 4.69) is 34.1 Å². The first-order valence-corrected chi connectivity index (χ1v) is 7.50. The summed E-state index contributed by atoms with van der Waals surface area (Å²) in [7, 11) is 0. The third kappa shape index (κ3) is 2.72. The van der Waals surface area contributed by atoms with E-state index in [9.17, 15) is 0 Å². The lowest BCUT2D eigenvalue weighted by molar-refractivity contribution is 0.653. The molecule has 0 aromatic heterocycles. The second kappa shape index (κ2) is 5.94. The molecule has 1 aliphatic rings. The van der Waals surface area contributed by atoms with Crippen molar-refractivity contribution in [2.24, 2.45) is 0 Å². The van der Waals surface area contributed by atoms with E-state index in [0.29, 0.717) is 10.0 Å². The SMILES string of the molecule is Clc1cccc(N2CCN(c3ccccc3)CC2)c1Cl. The molecule has 0 radical (unpaired) electrons. The van der Waals surface area contributed by atoms with Gasteiger partial charge in [0.15, 0.2) is 0 Å². The highest BCUT2D eigenvalue weighted by Gasteiger charge is 2.19. The zero-order valence-electron chi connectivity index (χ0n) is 11.1. The highest BCUT2D eigenvalue weighted by molar-refractivity contribution is 6.43. The van der Waals surface area contributed by atoms with Crippen molar-refractivity contribution in [2.45, 2.75) is 0 Å². The summed E-state index contributed by atoms with van der Waals surface area (Å²) in [5, 5.41) is 1.27. The Kier molecular flexibility index (Phi) is 4.04. The van der Waals surface area contributed by atoms with E-state index in [4.69, 9.17) is 23.2 Å². The summed E-state index contributed by atoms with van der Waals surface area (Å²) in [6, 6.07) is 16.3. The molecule has 0 bridgehead atoms. The molecule has 2 nitrogen and oxygen atoms in total. The molecular formula is C16H16Cl2N2. The second-order valence-electron chi connectivity index (χ2n) is 4.88. The third-order valence-corrected chi connectivity index (χ3v) is 4.48. The van der Waals surface area contributed by atoms with Crippen molar-refractivity contribution >= 4 is 34.6 Å². The molecule has 0 amide bonds. The Morgan fingerprint density at radius 1 is 0.700 bits per heavy atom. The number of piperazine rings is 1. The molecule has 104 valence electrons. The molecule has 0 atom stereocenters. The van der Waals surface area contributed by atoms with Gasteiger partial charge in [-0.15, -0.1) is 0 Å². The minimum atomic E-state index is 0.620. The molecule has 0 aliphatic carbocycles. The Morgan fingerprint density at radius 3 is 2.05 bits per heavy atom. The number of halogens is 2. The molecule has 1 saturated heterocycles. The third-order valence-electron chi connectivity index (χ3n) is 3.67. The van der Waals surface area contributed by atoms with Gasteiger partial charge in [-0.25, -0.2) is 0 Å². The predicted octanol–water partition coefficient (Wildman–Crippen LogP) is 4.32. The molecule has 20 heavy (non-hydrogen) atoms. The van der Waals surface area contributed by atoms with Crippen LogP contribution < -0.4 is 9.80 Å². The van der Waals surface area contributed by atoms with Crippen molar-refractivity contribution in [3.63, 3.8) is 0 Å². The number of anilines is 2. The average molecular weight is 307 g/mol. The summed E-state index contributed by atoms with van der Waals surface area (Å²) in [6.45, 7) is 3.89. The lowest BCUT2D eigenvalue weighted by atomic mass is 10.2. The zero-order valence-corrected chi connectivity index (χ0v) is 12.6. The topological polar surface area (TPSA) is 6.48 Å². The van der Waals surface area contributed by atoms with Crippen molar-refractivity contribution < 1.29 is 0 Å². The number of para-hydroxylation sites is 1. The molecule has 0 spiro atoms. The smallest absolute Gasteiger partial charge is 0.0825 e. The molecular weight excluding hydrogens is 291 g/mol. The minimum absolute atomic E-state index is 0.620. The van der Waals surface area contributed by atoms with Gasteiger partial charge in [0.1, 0.15) is 0 Å². The van der Waals surface area contributed by atoms with E-state index >= 15 is 0 Å². The van der Waals surface area contributed by atoms with Crippen LogP contribution >= 0.6 is 23.2 Å². The van der Waals surface area contributed by atoms with Gasteiger partial charge in [0.25, 0.3) is 0 Å². The van der Waals surface area contributed by atoms with Gasteiger partial charge in [0.05, 0.1) is 15.7 Å². The monoisotopic (exact) mass is 306 g/mol. The number of nitrogens with zero attached hydrogens (tertiary/aromatic N) is 2. The van der Waals surface area contributed by atoms with E-state index < -0.39 is 0 Å². The Morgan fingerprint density at radius 2 is 1.35 bits per heavy atom. The van der Waals surface area contributed by atoms with Crippen LogP contribution in [0, 0.1) is 0 Å². The fraction of sp³-hybridized carbons (Fsp3) is 0.250. The number of hydrogen-bond donors (Lipinski definition) is 0. The Bertz CT molecular complexity index is 578. The second-order valence-corrected chi connectivity index (χ2v) is 5.67. The van der Waals surface area contributed by atoms with Crippen LogP contribution in [0.15, 0.2) is 48.5 Å². The van der Waals surface area contributed by atoms with Crippen LogP contribution in [0.3, 0.4) is 0 Å². The molecule has 0 unspecified atom stereocenters. The van der Waals surface area contributed by atoms with Crippen LogP contribution in [0.25, 0.3) is 0 Å². The van der Waals surface area contributed by atoms with Gasteiger partial charge < -0.3 is 9.80 Å². The molecule has 4 heteroatoms. The zero-order chi connectivity index (χ0) is 13.9. The highest BCUT2D eigenvalue weighted by atomic mass is 35.5. The van der Waals surface area contributed by atoms with E-state index in [1.807, 2.05) is 24.3 Å². The maximum atomic E-state index is 6.29. The van der Waals surface area contributed by atoms with Gasteiger partial charge in [0.2, 0.25) is 0 Å². The summed E-state index contributed by atoms with van der Waals surface area (Å²) in [5.41, 5.74) is 2.32. The van der Waals surface area contributed by atoms with Crippen LogP contribution in [0.5, 0.6) is 0 Å². The van der Waals surface area contributed by atoms with Gasteiger partial charge in [-0.2, -0.15) is 0 Å². The summed E-state index contributed by atoms with van der Waals surface area (Å²) in [6.07, 6.45) is 0. The summed E-state index contributed by atoms with van der Waals surface area (Å²) < 4.78 is 0. The van der Waals surface area contributed by atoms with Crippen molar-refractivity contribution in [1.29, 1.82) is 0 Å². The number of benzene rings is 2. The first-order chi connectivity index (χ1) is 9.75. The lowest BCUT2D eigenvalue weighted by Crippen LogP contribution is -2.46. The van der Waals surface area contributed by atoms with Crippen molar-refractivity contribution in [3.05, 3.63) is 58.6 Å². The molecule has 3 rings (SSSR count).